The van der Waals surface area contributed by atoms with Gasteiger partial charge in [0.25, 0.3) is 0 Å². The second-order valence-electron chi connectivity index (χ2n) is 3.98. The van der Waals surface area contributed by atoms with E-state index >= 15 is 0 Å². The summed E-state index contributed by atoms with van der Waals surface area (Å²) >= 11 is 3.19. The van der Waals surface area contributed by atoms with Crippen LogP contribution in [0, 0.1) is 10.1 Å². The van der Waals surface area contributed by atoms with Crippen LogP contribution in [0.25, 0.3) is 0 Å². The van der Waals surface area contributed by atoms with E-state index in [2.05, 4.69) is 20.9 Å². The van der Waals surface area contributed by atoms with Gasteiger partial charge >= 0.3 is 11.7 Å². The number of carbonyl (C=O) groups is 1. The molecule has 1 N–H and O–H groups in total. The Morgan fingerprint density at radius 2 is 2.14 bits per heavy atom. The first-order valence-electron chi connectivity index (χ1n) is 5.73. The average molecular weight is 353 g/mol. The number of rotatable bonds is 5. The molecular formula is C13H9BrN2O5. The third-order valence-electron chi connectivity index (χ3n) is 2.58. The molecule has 7 nitrogen and oxygen atoms in total. The van der Waals surface area contributed by atoms with Crippen LogP contribution in [0.4, 0.5) is 5.69 Å². The van der Waals surface area contributed by atoms with Crippen molar-refractivity contribution in [2.24, 2.45) is 0 Å². The van der Waals surface area contributed by atoms with Gasteiger partial charge in [-0.3, -0.25) is 15.1 Å². The molecule has 0 spiro atoms. The van der Waals surface area contributed by atoms with E-state index < -0.39 is 10.9 Å². The van der Waals surface area contributed by atoms with Gasteiger partial charge in [0.2, 0.25) is 5.75 Å². The van der Waals surface area contributed by atoms with Crippen molar-refractivity contribution >= 4 is 27.6 Å². The van der Waals surface area contributed by atoms with Gasteiger partial charge in [0.15, 0.2) is 0 Å². The van der Waals surface area contributed by atoms with Crippen LogP contribution < -0.4 is 4.74 Å². The number of carboxylic acid groups (broad SMARTS) is 1. The van der Waals surface area contributed by atoms with Gasteiger partial charge in [-0.1, -0.05) is 6.07 Å². The molecule has 108 valence electrons. The maximum Gasteiger partial charge on any atom is 0.337 e. The van der Waals surface area contributed by atoms with Crippen molar-refractivity contribution in [2.45, 2.75) is 6.61 Å². The van der Waals surface area contributed by atoms with Crippen molar-refractivity contribution in [2.75, 3.05) is 0 Å². The summed E-state index contributed by atoms with van der Waals surface area (Å²) in [5.74, 6) is -0.969. The minimum atomic E-state index is -1.07. The Kier molecular flexibility index (Phi) is 4.49. The largest absolute Gasteiger partial charge is 0.480 e. The molecule has 0 fully saturated rings. The highest BCUT2D eigenvalue weighted by Crippen LogP contribution is 2.35. The van der Waals surface area contributed by atoms with Gasteiger partial charge in [-0.05, 0) is 34.1 Å². The van der Waals surface area contributed by atoms with E-state index in [9.17, 15) is 14.9 Å². The minimum Gasteiger partial charge on any atom is -0.480 e. The second kappa shape index (κ2) is 6.31. The number of nitro benzene ring substituents is 1. The van der Waals surface area contributed by atoms with E-state index in [1.54, 1.807) is 6.07 Å². The first kappa shape index (κ1) is 14.9. The maximum absolute atomic E-state index is 10.9. The molecule has 0 bridgehead atoms. The van der Waals surface area contributed by atoms with Gasteiger partial charge in [0.1, 0.15) is 6.61 Å². The van der Waals surface area contributed by atoms with Crippen LogP contribution in [-0.4, -0.2) is 21.0 Å². The Hall–Kier alpha value is -2.48. The van der Waals surface area contributed by atoms with Crippen LogP contribution in [0.2, 0.25) is 0 Å². The van der Waals surface area contributed by atoms with Crippen LogP contribution in [-0.2, 0) is 6.61 Å². The molecule has 0 atom stereocenters. The third kappa shape index (κ3) is 3.54. The van der Waals surface area contributed by atoms with Crippen molar-refractivity contribution in [1.82, 2.24) is 4.98 Å². The monoisotopic (exact) mass is 352 g/mol. The summed E-state index contributed by atoms with van der Waals surface area (Å²) in [6.07, 6.45) is 1.20. The van der Waals surface area contributed by atoms with Crippen molar-refractivity contribution in [3.8, 4) is 5.75 Å². The van der Waals surface area contributed by atoms with Crippen LogP contribution in [0.5, 0.6) is 5.75 Å². The Morgan fingerprint density at radius 3 is 2.71 bits per heavy atom. The Morgan fingerprint density at radius 1 is 1.38 bits per heavy atom. The zero-order valence-corrected chi connectivity index (χ0v) is 12.1. The van der Waals surface area contributed by atoms with Crippen molar-refractivity contribution < 1.29 is 19.6 Å². The number of aromatic carboxylic acids is 1. The van der Waals surface area contributed by atoms with Gasteiger partial charge in [-0.2, -0.15) is 0 Å². The Balaban J connectivity index is 2.16. The Bertz CT molecular complexity index is 687. The van der Waals surface area contributed by atoms with Crippen molar-refractivity contribution in [3.05, 3.63) is 62.4 Å². The molecule has 2 rings (SSSR count). The molecule has 1 aromatic carbocycles. The fourth-order valence-corrected chi connectivity index (χ4v) is 2.04. The van der Waals surface area contributed by atoms with E-state index in [-0.39, 0.29) is 23.6 Å². The molecule has 0 saturated carbocycles. The molecular weight excluding hydrogens is 344 g/mol. The highest BCUT2D eigenvalue weighted by atomic mass is 79.9. The molecule has 0 aliphatic heterocycles. The highest BCUT2D eigenvalue weighted by Gasteiger charge is 2.18. The van der Waals surface area contributed by atoms with Crippen LogP contribution in [0.3, 0.4) is 0 Å². The number of carboxylic acids is 1. The zero-order valence-electron chi connectivity index (χ0n) is 10.5. The summed E-state index contributed by atoms with van der Waals surface area (Å²) in [5.41, 5.74) is 0.363. The summed E-state index contributed by atoms with van der Waals surface area (Å²) < 4.78 is 5.87. The number of nitrogens with zero attached hydrogens (tertiary/aromatic N) is 2. The van der Waals surface area contributed by atoms with Crippen molar-refractivity contribution in [1.29, 1.82) is 0 Å². The highest BCUT2D eigenvalue weighted by molar-refractivity contribution is 9.10. The van der Waals surface area contributed by atoms with Gasteiger partial charge in [0, 0.05) is 12.3 Å². The molecule has 0 aliphatic carbocycles. The maximum atomic E-state index is 10.9. The topological polar surface area (TPSA) is 103 Å². The van der Waals surface area contributed by atoms with E-state index in [4.69, 9.17) is 9.84 Å². The molecule has 0 amide bonds. The predicted octanol–water partition coefficient (Wildman–Crippen LogP) is 3.03. The summed E-state index contributed by atoms with van der Waals surface area (Å²) in [6, 6.07) is 7.38. The third-order valence-corrected chi connectivity index (χ3v) is 3.20. The number of hydrogen-bond acceptors (Lipinski definition) is 5. The van der Waals surface area contributed by atoms with E-state index in [1.807, 2.05) is 0 Å². The molecule has 0 saturated heterocycles. The number of hydrogen-bond donors (Lipinski definition) is 1. The molecule has 21 heavy (non-hydrogen) atoms. The lowest BCUT2D eigenvalue weighted by molar-refractivity contribution is -0.386. The lowest BCUT2D eigenvalue weighted by atomic mass is 10.2. The lowest BCUT2D eigenvalue weighted by Crippen LogP contribution is -2.03. The van der Waals surface area contributed by atoms with Gasteiger partial charge < -0.3 is 9.84 Å². The van der Waals surface area contributed by atoms with E-state index in [0.29, 0.717) is 10.2 Å². The summed E-state index contributed by atoms with van der Waals surface area (Å²) in [5, 5.41) is 19.7. The van der Waals surface area contributed by atoms with E-state index in [0.717, 1.165) is 0 Å². The molecule has 2 aromatic rings. The summed E-state index contributed by atoms with van der Waals surface area (Å²) in [7, 11) is 0. The first-order valence-corrected chi connectivity index (χ1v) is 6.52. The fraction of sp³-hybridized carbons (Fsp3) is 0.0769. The molecule has 0 aliphatic rings. The smallest absolute Gasteiger partial charge is 0.337 e. The summed E-state index contributed by atoms with van der Waals surface area (Å²) in [6.45, 7) is -0.0106. The van der Waals surface area contributed by atoms with Crippen LogP contribution in [0.1, 0.15) is 16.1 Å². The summed E-state index contributed by atoms with van der Waals surface area (Å²) in [4.78, 5) is 25.0. The first-order chi connectivity index (χ1) is 9.99. The molecule has 0 radical (unpaired) electrons. The number of benzene rings is 1. The van der Waals surface area contributed by atoms with E-state index in [1.165, 1.54) is 30.5 Å². The normalized spacial score (nSPS) is 10.1. The number of para-hydroxylation sites is 1. The number of nitro groups is 1. The SMILES string of the molecule is O=C(O)c1ccc(COc2c(Br)cccc2[N+](=O)[O-])nc1. The zero-order chi connectivity index (χ0) is 15.4. The standard InChI is InChI=1S/C13H9BrN2O5/c14-10-2-1-3-11(16(19)20)12(10)21-7-9-5-4-8(6-15-9)13(17)18/h1-6H,7H2,(H,17,18). The molecule has 8 heteroatoms. The fourth-order valence-electron chi connectivity index (χ4n) is 1.57. The average Bonchev–Trinajstić information content (AvgIpc) is 2.46. The second-order valence-corrected chi connectivity index (χ2v) is 4.83. The lowest BCUT2D eigenvalue weighted by Gasteiger charge is -2.08. The predicted molar refractivity (Wildman–Crippen MR) is 76.3 cm³/mol. The van der Waals surface area contributed by atoms with Crippen LogP contribution in [0.15, 0.2) is 41.0 Å². The van der Waals surface area contributed by atoms with Crippen LogP contribution >= 0.6 is 15.9 Å². The minimum absolute atomic E-state index is 0.0106. The number of aromatic nitrogens is 1. The molecule has 1 heterocycles. The van der Waals surface area contributed by atoms with Gasteiger partial charge in [-0.15, -0.1) is 0 Å². The quantitative estimate of drug-likeness (QED) is 0.655. The molecule has 1 aromatic heterocycles. The number of pyridine rings is 1. The van der Waals surface area contributed by atoms with Gasteiger partial charge in [0.05, 0.1) is 20.7 Å². The Labute approximate surface area is 127 Å². The van der Waals surface area contributed by atoms with Crippen molar-refractivity contribution in [3.63, 3.8) is 0 Å². The molecule has 0 unspecified atom stereocenters. The number of ether oxygens (including phenoxy) is 1. The number of halogens is 1. The van der Waals surface area contributed by atoms with Gasteiger partial charge in [-0.25, -0.2) is 4.79 Å².